The molecule has 23 heavy (non-hydrogen) atoms. The summed E-state index contributed by atoms with van der Waals surface area (Å²) in [7, 11) is 0. The van der Waals surface area contributed by atoms with Gasteiger partial charge in [0.2, 0.25) is 0 Å². The fourth-order valence-corrected chi connectivity index (χ4v) is 4.63. The van der Waals surface area contributed by atoms with E-state index in [1.165, 1.54) is 0 Å². The van der Waals surface area contributed by atoms with Gasteiger partial charge < -0.3 is 15.3 Å². The molecule has 6 heteroatoms. The Hall–Kier alpha value is -1.40. The van der Waals surface area contributed by atoms with Crippen molar-refractivity contribution in [3.8, 4) is 0 Å². The Morgan fingerprint density at radius 1 is 1.39 bits per heavy atom. The second kappa shape index (κ2) is 5.91. The van der Waals surface area contributed by atoms with Gasteiger partial charge in [0.1, 0.15) is 0 Å². The summed E-state index contributed by atoms with van der Waals surface area (Å²) in [6.07, 6.45) is 7.98. The summed E-state index contributed by atoms with van der Waals surface area (Å²) < 4.78 is 1.99. The number of aryl methyl sites for hydroxylation is 1. The van der Waals surface area contributed by atoms with Crippen LogP contribution >= 0.6 is 0 Å². The number of hydrogen-bond donors (Lipinski definition) is 2. The Morgan fingerprint density at radius 3 is 3.17 bits per heavy atom. The monoisotopic (exact) mass is 318 g/mol. The summed E-state index contributed by atoms with van der Waals surface area (Å²) in [5.41, 5.74) is 1.71. The number of aromatic nitrogens is 2. The fourth-order valence-electron chi connectivity index (χ4n) is 4.63. The third-order valence-electron chi connectivity index (χ3n) is 5.99. The van der Waals surface area contributed by atoms with Crippen LogP contribution in [0, 0.1) is 5.41 Å². The number of nitrogens with one attached hydrogen (secondary N) is 1. The first kappa shape index (κ1) is 15.1. The second-order valence-electron chi connectivity index (χ2n) is 7.33. The Morgan fingerprint density at radius 2 is 2.30 bits per heavy atom. The molecule has 2 fully saturated rings. The molecule has 3 aliphatic rings. The highest BCUT2D eigenvalue weighted by Crippen LogP contribution is 2.37. The summed E-state index contributed by atoms with van der Waals surface area (Å²) in [5, 5.41) is 17.9. The largest absolute Gasteiger partial charge is 0.396 e. The highest BCUT2D eigenvalue weighted by Gasteiger charge is 2.45. The lowest BCUT2D eigenvalue weighted by molar-refractivity contribution is -0.0138. The highest BCUT2D eigenvalue weighted by molar-refractivity contribution is 5.95. The maximum absolute atomic E-state index is 13.0. The van der Waals surface area contributed by atoms with Gasteiger partial charge in [-0.3, -0.25) is 9.48 Å². The number of carbonyl (C=O) groups excluding carboxylic acids is 1. The molecule has 0 bridgehead atoms. The number of nitrogens with zero attached hydrogens (tertiary/aromatic N) is 3. The first-order chi connectivity index (χ1) is 11.2. The molecule has 0 unspecified atom stereocenters. The van der Waals surface area contributed by atoms with Crippen molar-refractivity contribution in [2.24, 2.45) is 5.41 Å². The van der Waals surface area contributed by atoms with E-state index in [2.05, 4.69) is 10.4 Å². The Labute approximate surface area is 136 Å². The minimum Gasteiger partial charge on any atom is -0.396 e. The van der Waals surface area contributed by atoms with Crippen molar-refractivity contribution in [2.45, 2.75) is 51.1 Å². The molecule has 2 atom stereocenters. The van der Waals surface area contributed by atoms with Crippen molar-refractivity contribution in [1.82, 2.24) is 20.0 Å². The zero-order valence-electron chi connectivity index (χ0n) is 13.6. The van der Waals surface area contributed by atoms with E-state index in [0.29, 0.717) is 12.6 Å². The molecule has 1 aromatic heterocycles. The molecule has 2 N–H and O–H groups in total. The molecule has 0 spiro atoms. The predicted molar refractivity (Wildman–Crippen MR) is 86.2 cm³/mol. The van der Waals surface area contributed by atoms with Crippen LogP contribution in [0.5, 0.6) is 0 Å². The van der Waals surface area contributed by atoms with Crippen LogP contribution in [0.15, 0.2) is 6.20 Å². The summed E-state index contributed by atoms with van der Waals surface area (Å²) in [6.45, 7) is 3.53. The van der Waals surface area contributed by atoms with Gasteiger partial charge in [-0.05, 0) is 45.1 Å². The minimum atomic E-state index is -0.167. The number of amides is 1. The van der Waals surface area contributed by atoms with E-state index in [1.807, 2.05) is 9.58 Å². The van der Waals surface area contributed by atoms with E-state index in [1.54, 1.807) is 6.20 Å². The van der Waals surface area contributed by atoms with Crippen molar-refractivity contribution < 1.29 is 9.90 Å². The van der Waals surface area contributed by atoms with Crippen LogP contribution in [0.3, 0.4) is 0 Å². The average molecular weight is 318 g/mol. The predicted octanol–water partition coefficient (Wildman–Crippen LogP) is 0.796. The Balaban J connectivity index is 1.56. The molecule has 1 aromatic rings. The van der Waals surface area contributed by atoms with Gasteiger partial charge in [-0.1, -0.05) is 0 Å². The summed E-state index contributed by atoms with van der Waals surface area (Å²) in [6, 6.07) is 0.339. The average Bonchev–Trinajstić information content (AvgIpc) is 3.04. The molecule has 0 saturated carbocycles. The minimum absolute atomic E-state index is 0.102. The standard InChI is InChI=1S/C17H26N4O2/c22-12-17-6-3-7-18-15(17)5-9-20(11-17)16(23)13-10-19-21-8-2-1-4-14(13)21/h10,15,18,22H,1-9,11-12H2/t15-,17-/m1/s1. The first-order valence-electron chi connectivity index (χ1n) is 8.92. The van der Waals surface area contributed by atoms with Crippen molar-refractivity contribution in [1.29, 1.82) is 0 Å². The lowest BCUT2D eigenvalue weighted by atomic mass is 9.70. The van der Waals surface area contributed by atoms with Gasteiger partial charge in [0.25, 0.3) is 5.91 Å². The van der Waals surface area contributed by atoms with E-state index in [9.17, 15) is 9.90 Å². The van der Waals surface area contributed by atoms with Crippen LogP contribution < -0.4 is 5.32 Å². The molecule has 4 heterocycles. The van der Waals surface area contributed by atoms with E-state index >= 15 is 0 Å². The lowest BCUT2D eigenvalue weighted by Gasteiger charge is -2.50. The maximum Gasteiger partial charge on any atom is 0.257 e. The first-order valence-corrected chi connectivity index (χ1v) is 8.92. The number of carbonyl (C=O) groups is 1. The molecular weight excluding hydrogens is 292 g/mol. The van der Waals surface area contributed by atoms with Gasteiger partial charge in [-0.15, -0.1) is 0 Å². The quantitative estimate of drug-likeness (QED) is 0.846. The van der Waals surface area contributed by atoms with Crippen LogP contribution in [0.2, 0.25) is 0 Å². The van der Waals surface area contributed by atoms with Crippen molar-refractivity contribution >= 4 is 5.91 Å². The molecule has 4 rings (SSSR count). The third kappa shape index (κ3) is 2.48. The molecule has 0 aromatic carbocycles. The molecule has 0 radical (unpaired) electrons. The summed E-state index contributed by atoms with van der Waals surface area (Å²) in [5.74, 6) is 0.102. The molecule has 2 saturated heterocycles. The zero-order valence-corrected chi connectivity index (χ0v) is 13.6. The number of aliphatic hydroxyl groups excluding tert-OH is 1. The topological polar surface area (TPSA) is 70.4 Å². The number of likely N-dealkylation sites (tertiary alicyclic amines) is 1. The third-order valence-corrected chi connectivity index (χ3v) is 5.99. The van der Waals surface area contributed by atoms with Gasteiger partial charge in [0.05, 0.1) is 24.1 Å². The van der Waals surface area contributed by atoms with Crippen LogP contribution in [-0.4, -0.2) is 58.0 Å². The van der Waals surface area contributed by atoms with Gasteiger partial charge >= 0.3 is 0 Å². The SMILES string of the molecule is O=C(c1cnn2c1CCCC2)N1CC[C@H]2NCCC[C@]2(CO)C1. The molecule has 126 valence electrons. The lowest BCUT2D eigenvalue weighted by Crippen LogP contribution is -2.62. The van der Waals surface area contributed by atoms with Crippen LogP contribution in [0.25, 0.3) is 0 Å². The Bertz CT molecular complexity index is 599. The number of aliphatic hydroxyl groups is 1. The van der Waals surface area contributed by atoms with E-state index in [0.717, 1.165) is 69.4 Å². The van der Waals surface area contributed by atoms with Gasteiger partial charge in [-0.2, -0.15) is 5.10 Å². The fraction of sp³-hybridized carbons (Fsp3) is 0.765. The van der Waals surface area contributed by atoms with Gasteiger partial charge in [0.15, 0.2) is 0 Å². The van der Waals surface area contributed by atoms with Crippen molar-refractivity contribution in [3.63, 3.8) is 0 Å². The van der Waals surface area contributed by atoms with E-state index < -0.39 is 0 Å². The van der Waals surface area contributed by atoms with Gasteiger partial charge in [0, 0.05) is 31.1 Å². The van der Waals surface area contributed by atoms with Crippen LogP contribution in [-0.2, 0) is 13.0 Å². The van der Waals surface area contributed by atoms with Crippen molar-refractivity contribution in [3.05, 3.63) is 17.5 Å². The number of piperidine rings is 2. The van der Waals surface area contributed by atoms with Crippen LogP contribution in [0.4, 0.5) is 0 Å². The molecular formula is C17H26N4O2. The van der Waals surface area contributed by atoms with E-state index in [4.69, 9.17) is 0 Å². The maximum atomic E-state index is 13.0. The van der Waals surface area contributed by atoms with Crippen LogP contribution in [0.1, 0.15) is 48.2 Å². The smallest absolute Gasteiger partial charge is 0.257 e. The highest BCUT2D eigenvalue weighted by atomic mass is 16.3. The summed E-state index contributed by atoms with van der Waals surface area (Å²) >= 11 is 0. The molecule has 1 amide bonds. The molecule has 3 aliphatic heterocycles. The molecule has 6 nitrogen and oxygen atoms in total. The van der Waals surface area contributed by atoms with Gasteiger partial charge in [-0.25, -0.2) is 0 Å². The van der Waals surface area contributed by atoms with E-state index in [-0.39, 0.29) is 17.9 Å². The summed E-state index contributed by atoms with van der Waals surface area (Å²) in [4.78, 5) is 15.0. The zero-order chi connectivity index (χ0) is 15.9. The second-order valence-corrected chi connectivity index (χ2v) is 7.33. The number of hydrogen-bond acceptors (Lipinski definition) is 4. The molecule has 0 aliphatic carbocycles. The number of fused-ring (bicyclic) bond motifs is 2. The number of rotatable bonds is 2. The normalized spacial score (nSPS) is 30.7. The Kier molecular flexibility index (Phi) is 3.89. The van der Waals surface area contributed by atoms with Crippen molar-refractivity contribution in [2.75, 3.05) is 26.2 Å².